The molecular formula is C18H28N2O. The number of aryl methyl sites for hydroxylation is 1. The zero-order valence-electron chi connectivity index (χ0n) is 13.5. The molecule has 2 aromatic rings. The number of rotatable bonds is 7. The van der Waals surface area contributed by atoms with Crippen LogP contribution in [-0.2, 0) is 13.1 Å². The van der Waals surface area contributed by atoms with Crippen LogP contribution >= 0.6 is 0 Å². The van der Waals surface area contributed by atoms with Gasteiger partial charge in [0.05, 0.1) is 5.52 Å². The maximum Gasteiger partial charge on any atom is 0.0525 e. The van der Waals surface area contributed by atoms with Gasteiger partial charge in [-0.3, -0.25) is 0 Å². The van der Waals surface area contributed by atoms with Crippen molar-refractivity contribution in [3.63, 3.8) is 0 Å². The van der Waals surface area contributed by atoms with E-state index in [1.807, 2.05) is 0 Å². The van der Waals surface area contributed by atoms with Crippen molar-refractivity contribution in [1.82, 2.24) is 9.88 Å². The predicted molar refractivity (Wildman–Crippen MR) is 89.5 cm³/mol. The van der Waals surface area contributed by atoms with E-state index in [2.05, 4.69) is 61.1 Å². The van der Waals surface area contributed by atoms with Crippen molar-refractivity contribution in [2.45, 2.75) is 58.7 Å². The molecule has 1 aromatic carbocycles. The van der Waals surface area contributed by atoms with Crippen molar-refractivity contribution in [3.8, 4) is 0 Å². The third-order valence-corrected chi connectivity index (χ3v) is 3.74. The quantitative estimate of drug-likeness (QED) is 0.762. The first kappa shape index (κ1) is 16.1. The highest BCUT2D eigenvalue weighted by Crippen LogP contribution is 2.21. The van der Waals surface area contributed by atoms with Gasteiger partial charge in [0.2, 0.25) is 0 Å². The Bertz CT molecular complexity index is 566. The summed E-state index contributed by atoms with van der Waals surface area (Å²) in [6, 6.07) is 8.73. The van der Waals surface area contributed by atoms with Gasteiger partial charge in [-0.15, -0.1) is 0 Å². The van der Waals surface area contributed by atoms with Gasteiger partial charge in [-0.1, -0.05) is 18.2 Å². The molecular weight excluding hydrogens is 260 g/mol. The smallest absolute Gasteiger partial charge is 0.0525 e. The Hall–Kier alpha value is -1.32. The van der Waals surface area contributed by atoms with Crippen molar-refractivity contribution in [2.24, 2.45) is 0 Å². The van der Waals surface area contributed by atoms with E-state index in [1.165, 1.54) is 16.5 Å². The van der Waals surface area contributed by atoms with Crippen molar-refractivity contribution < 1.29 is 5.11 Å². The first-order chi connectivity index (χ1) is 10.0. The van der Waals surface area contributed by atoms with Crippen LogP contribution in [0.3, 0.4) is 0 Å². The average Bonchev–Trinajstić information content (AvgIpc) is 2.84. The lowest BCUT2D eigenvalue weighted by atomic mass is 10.1. The lowest BCUT2D eigenvalue weighted by molar-refractivity contribution is 0.282. The zero-order chi connectivity index (χ0) is 15.3. The SMILES string of the molecule is CC(C)(C)NCc1cccc2ccn(CCCCCO)c12. The number of benzene rings is 1. The van der Waals surface area contributed by atoms with E-state index in [9.17, 15) is 0 Å². The maximum atomic E-state index is 8.87. The number of hydrogen-bond acceptors (Lipinski definition) is 2. The van der Waals surface area contributed by atoms with Crippen LogP contribution in [0.1, 0.15) is 45.6 Å². The van der Waals surface area contributed by atoms with E-state index in [-0.39, 0.29) is 5.54 Å². The van der Waals surface area contributed by atoms with E-state index in [0.29, 0.717) is 6.61 Å². The summed E-state index contributed by atoms with van der Waals surface area (Å²) in [4.78, 5) is 0. The van der Waals surface area contributed by atoms with E-state index in [0.717, 1.165) is 32.4 Å². The van der Waals surface area contributed by atoms with Gasteiger partial charge in [-0.05, 0) is 57.0 Å². The summed E-state index contributed by atoms with van der Waals surface area (Å²) in [5.74, 6) is 0. The molecule has 0 fully saturated rings. The molecule has 0 aliphatic heterocycles. The zero-order valence-corrected chi connectivity index (χ0v) is 13.5. The molecule has 1 heterocycles. The third-order valence-electron chi connectivity index (χ3n) is 3.74. The Morgan fingerprint density at radius 1 is 1.10 bits per heavy atom. The van der Waals surface area contributed by atoms with E-state index >= 15 is 0 Å². The Morgan fingerprint density at radius 3 is 2.62 bits per heavy atom. The summed E-state index contributed by atoms with van der Waals surface area (Å²) in [6.45, 7) is 8.80. The molecule has 0 radical (unpaired) electrons. The van der Waals surface area contributed by atoms with Crippen LogP contribution in [0.15, 0.2) is 30.5 Å². The minimum atomic E-state index is 0.126. The highest BCUT2D eigenvalue weighted by atomic mass is 16.2. The lowest BCUT2D eigenvalue weighted by Gasteiger charge is -2.21. The second kappa shape index (κ2) is 7.10. The summed E-state index contributed by atoms with van der Waals surface area (Å²) in [7, 11) is 0. The Morgan fingerprint density at radius 2 is 1.90 bits per heavy atom. The van der Waals surface area contributed by atoms with Crippen LogP contribution in [0.5, 0.6) is 0 Å². The van der Waals surface area contributed by atoms with E-state index in [1.54, 1.807) is 0 Å². The van der Waals surface area contributed by atoms with Crippen LogP contribution in [0.4, 0.5) is 0 Å². The van der Waals surface area contributed by atoms with Gasteiger partial charge in [0.25, 0.3) is 0 Å². The molecule has 0 bridgehead atoms. The topological polar surface area (TPSA) is 37.2 Å². The molecule has 2 rings (SSSR count). The number of nitrogens with one attached hydrogen (secondary N) is 1. The second-order valence-electron chi connectivity index (χ2n) is 6.75. The standard InChI is InChI=1S/C18H28N2O/c1-18(2,3)19-14-16-9-7-8-15-10-12-20(17(15)16)11-5-4-6-13-21/h7-10,12,19,21H,4-6,11,13-14H2,1-3H3. The van der Waals surface area contributed by atoms with E-state index < -0.39 is 0 Å². The Kier molecular flexibility index (Phi) is 5.43. The van der Waals surface area contributed by atoms with Crippen molar-refractivity contribution in [1.29, 1.82) is 0 Å². The lowest BCUT2D eigenvalue weighted by Crippen LogP contribution is -2.35. The largest absolute Gasteiger partial charge is 0.396 e. The Labute approximate surface area is 128 Å². The number of aromatic nitrogens is 1. The third kappa shape index (κ3) is 4.58. The van der Waals surface area contributed by atoms with Gasteiger partial charge in [0.1, 0.15) is 0 Å². The minimum Gasteiger partial charge on any atom is -0.396 e. The molecule has 0 saturated heterocycles. The first-order valence-corrected chi connectivity index (χ1v) is 7.94. The molecule has 116 valence electrons. The summed E-state index contributed by atoms with van der Waals surface area (Å²) < 4.78 is 2.35. The van der Waals surface area contributed by atoms with Gasteiger partial charge in [-0.25, -0.2) is 0 Å². The van der Waals surface area contributed by atoms with Crippen LogP contribution in [0.2, 0.25) is 0 Å². The first-order valence-electron chi connectivity index (χ1n) is 7.94. The van der Waals surface area contributed by atoms with Crippen molar-refractivity contribution in [3.05, 3.63) is 36.0 Å². The molecule has 1 aromatic heterocycles. The number of nitrogens with zero attached hydrogens (tertiary/aromatic N) is 1. The summed E-state index contributed by atoms with van der Waals surface area (Å²) in [5.41, 5.74) is 2.83. The van der Waals surface area contributed by atoms with Gasteiger partial charge in [0, 0.05) is 31.4 Å². The number of hydrogen-bond donors (Lipinski definition) is 2. The maximum absolute atomic E-state index is 8.87. The van der Waals surface area contributed by atoms with Gasteiger partial charge in [0.15, 0.2) is 0 Å². The number of unbranched alkanes of at least 4 members (excludes halogenated alkanes) is 2. The van der Waals surface area contributed by atoms with Crippen LogP contribution in [0, 0.1) is 0 Å². The van der Waals surface area contributed by atoms with Gasteiger partial charge >= 0.3 is 0 Å². The minimum absolute atomic E-state index is 0.126. The molecule has 21 heavy (non-hydrogen) atoms. The van der Waals surface area contributed by atoms with Gasteiger partial charge < -0.3 is 15.0 Å². The number of aliphatic hydroxyl groups excluding tert-OH is 1. The molecule has 3 nitrogen and oxygen atoms in total. The molecule has 0 spiro atoms. The fourth-order valence-electron chi connectivity index (χ4n) is 2.60. The van der Waals surface area contributed by atoms with Crippen molar-refractivity contribution >= 4 is 10.9 Å². The number of para-hydroxylation sites is 1. The highest BCUT2D eigenvalue weighted by Gasteiger charge is 2.11. The van der Waals surface area contributed by atoms with Crippen LogP contribution in [0.25, 0.3) is 10.9 Å². The predicted octanol–water partition coefficient (Wildman–Crippen LogP) is 3.69. The molecule has 0 amide bonds. The van der Waals surface area contributed by atoms with E-state index in [4.69, 9.17) is 5.11 Å². The number of aliphatic hydroxyl groups is 1. The average molecular weight is 288 g/mol. The van der Waals surface area contributed by atoms with Gasteiger partial charge in [-0.2, -0.15) is 0 Å². The Balaban J connectivity index is 2.15. The number of fused-ring (bicyclic) bond motifs is 1. The highest BCUT2D eigenvalue weighted by molar-refractivity contribution is 5.83. The summed E-state index contributed by atoms with van der Waals surface area (Å²) >= 11 is 0. The molecule has 0 atom stereocenters. The molecule has 0 aliphatic carbocycles. The fourth-order valence-corrected chi connectivity index (χ4v) is 2.60. The normalized spacial score (nSPS) is 12.2. The monoisotopic (exact) mass is 288 g/mol. The van der Waals surface area contributed by atoms with Crippen LogP contribution in [-0.4, -0.2) is 21.8 Å². The van der Waals surface area contributed by atoms with Crippen molar-refractivity contribution in [2.75, 3.05) is 6.61 Å². The summed E-state index contributed by atoms with van der Waals surface area (Å²) in [6.07, 6.45) is 5.28. The fraction of sp³-hybridized carbons (Fsp3) is 0.556. The summed E-state index contributed by atoms with van der Waals surface area (Å²) in [5, 5.41) is 13.8. The van der Waals surface area contributed by atoms with Crippen LogP contribution < -0.4 is 5.32 Å². The molecule has 0 aliphatic rings. The molecule has 0 saturated carbocycles. The molecule has 2 N–H and O–H groups in total. The molecule has 0 unspecified atom stereocenters. The molecule has 3 heteroatoms. The second-order valence-corrected chi connectivity index (χ2v) is 6.75.